The molecule has 1 aliphatic carbocycles. The number of hydrogen-bond donors (Lipinski definition) is 1. The van der Waals surface area contributed by atoms with E-state index in [0.29, 0.717) is 6.04 Å². The number of aryl methyl sites for hydroxylation is 1. The van der Waals surface area contributed by atoms with E-state index >= 15 is 0 Å². The summed E-state index contributed by atoms with van der Waals surface area (Å²) in [6, 6.07) is 0.543. The molecule has 3 rings (SSSR count). The van der Waals surface area contributed by atoms with Gasteiger partial charge in [0.15, 0.2) is 5.65 Å². The molecule has 2 aromatic heterocycles. The van der Waals surface area contributed by atoms with E-state index in [0.717, 1.165) is 22.8 Å². The van der Waals surface area contributed by atoms with Gasteiger partial charge in [-0.15, -0.1) is 0 Å². The Morgan fingerprint density at radius 3 is 2.80 bits per heavy atom. The largest absolute Gasteiger partial charge is 0.367 e. The summed E-state index contributed by atoms with van der Waals surface area (Å²) in [6.07, 6.45) is 11.3. The Morgan fingerprint density at radius 2 is 2.05 bits per heavy atom. The lowest BCUT2D eigenvalue weighted by Gasteiger charge is -2.29. The minimum atomic E-state index is 0.543. The van der Waals surface area contributed by atoms with Crippen LogP contribution in [0.25, 0.3) is 11.0 Å². The summed E-state index contributed by atoms with van der Waals surface area (Å²) in [7, 11) is 1.91. The fraction of sp³-hybridized carbons (Fsp3) is 0.667. The molecule has 1 saturated carbocycles. The van der Waals surface area contributed by atoms with Crippen LogP contribution >= 0.6 is 0 Å². The van der Waals surface area contributed by atoms with Gasteiger partial charge in [-0.25, -0.2) is 9.97 Å². The maximum atomic E-state index is 4.39. The van der Waals surface area contributed by atoms with Crippen LogP contribution in [0.5, 0.6) is 0 Å². The van der Waals surface area contributed by atoms with Crippen molar-refractivity contribution in [1.29, 1.82) is 0 Å². The lowest BCUT2D eigenvalue weighted by molar-refractivity contribution is 0.318. The zero-order valence-corrected chi connectivity index (χ0v) is 12.3. The molecule has 20 heavy (non-hydrogen) atoms. The first-order chi connectivity index (χ1) is 9.78. The third-order valence-corrected chi connectivity index (χ3v) is 4.41. The van der Waals surface area contributed by atoms with Gasteiger partial charge in [-0.3, -0.25) is 4.68 Å². The predicted molar refractivity (Wildman–Crippen MR) is 80.6 cm³/mol. The average molecular weight is 273 g/mol. The van der Waals surface area contributed by atoms with E-state index in [9.17, 15) is 0 Å². The van der Waals surface area contributed by atoms with Gasteiger partial charge in [0.25, 0.3) is 0 Å². The molecule has 0 bridgehead atoms. The van der Waals surface area contributed by atoms with Crippen molar-refractivity contribution < 1.29 is 0 Å². The molecule has 0 radical (unpaired) electrons. The Labute approximate surface area is 119 Å². The van der Waals surface area contributed by atoms with Gasteiger partial charge in [0.05, 0.1) is 11.6 Å². The maximum absolute atomic E-state index is 4.39. The first-order valence-electron chi connectivity index (χ1n) is 7.67. The Hall–Kier alpha value is -1.65. The van der Waals surface area contributed by atoms with Crippen molar-refractivity contribution in [2.24, 2.45) is 13.0 Å². The van der Waals surface area contributed by atoms with E-state index in [-0.39, 0.29) is 0 Å². The third kappa shape index (κ3) is 2.62. The molecule has 0 aliphatic heterocycles. The number of nitrogens with one attached hydrogen (secondary N) is 1. The van der Waals surface area contributed by atoms with Gasteiger partial charge in [0.2, 0.25) is 0 Å². The van der Waals surface area contributed by atoms with E-state index in [1.54, 1.807) is 11.0 Å². The summed E-state index contributed by atoms with van der Waals surface area (Å²) in [5, 5.41) is 8.87. The predicted octanol–water partition coefficient (Wildman–Crippen LogP) is 3.13. The molecule has 5 nitrogen and oxygen atoms in total. The van der Waals surface area contributed by atoms with Gasteiger partial charge in [0.1, 0.15) is 12.1 Å². The van der Waals surface area contributed by atoms with E-state index in [1.165, 1.54) is 38.5 Å². The van der Waals surface area contributed by atoms with E-state index in [1.807, 2.05) is 13.2 Å². The molecular formula is C15H23N5. The van der Waals surface area contributed by atoms with Crippen molar-refractivity contribution in [3.8, 4) is 0 Å². The van der Waals surface area contributed by atoms with Gasteiger partial charge in [-0.1, -0.05) is 19.8 Å². The normalized spacial score (nSPS) is 23.1. The summed E-state index contributed by atoms with van der Waals surface area (Å²) < 4.78 is 1.79. The van der Waals surface area contributed by atoms with E-state index in [4.69, 9.17) is 0 Å². The third-order valence-electron chi connectivity index (χ3n) is 4.41. The molecule has 108 valence electrons. The molecule has 0 unspecified atom stereocenters. The summed E-state index contributed by atoms with van der Waals surface area (Å²) in [6.45, 7) is 2.28. The second-order valence-electron chi connectivity index (χ2n) is 5.88. The van der Waals surface area contributed by atoms with Crippen molar-refractivity contribution >= 4 is 16.9 Å². The van der Waals surface area contributed by atoms with Crippen LogP contribution in [-0.4, -0.2) is 25.8 Å². The summed E-state index contributed by atoms with van der Waals surface area (Å²) in [5.41, 5.74) is 0.891. The molecule has 1 aliphatic rings. The standard InChI is InChI=1S/C15H23N5/c1-3-4-11-5-7-12(8-6-11)19-14-13-9-18-20(2)15(13)17-10-16-14/h9-12H,3-8H2,1-2H3,(H,16,17,19). The Kier molecular flexibility index (Phi) is 3.85. The molecule has 0 amide bonds. The minimum absolute atomic E-state index is 0.543. The van der Waals surface area contributed by atoms with E-state index < -0.39 is 0 Å². The van der Waals surface area contributed by atoms with Crippen LogP contribution in [0.1, 0.15) is 45.4 Å². The highest BCUT2D eigenvalue weighted by Crippen LogP contribution is 2.30. The number of nitrogens with zero attached hydrogens (tertiary/aromatic N) is 4. The average Bonchev–Trinajstić information content (AvgIpc) is 2.84. The minimum Gasteiger partial charge on any atom is -0.367 e. The first kappa shape index (κ1) is 13.3. The topological polar surface area (TPSA) is 55.6 Å². The Morgan fingerprint density at radius 1 is 1.25 bits per heavy atom. The summed E-state index contributed by atoms with van der Waals surface area (Å²) in [4.78, 5) is 8.67. The summed E-state index contributed by atoms with van der Waals surface area (Å²) in [5.74, 6) is 1.86. The number of rotatable bonds is 4. The van der Waals surface area contributed by atoms with Gasteiger partial charge < -0.3 is 5.32 Å². The molecule has 0 spiro atoms. The van der Waals surface area contributed by atoms with Crippen LogP contribution in [0.4, 0.5) is 5.82 Å². The van der Waals surface area contributed by atoms with Crippen molar-refractivity contribution in [2.75, 3.05) is 5.32 Å². The molecule has 5 heteroatoms. The van der Waals surface area contributed by atoms with Crippen molar-refractivity contribution in [2.45, 2.75) is 51.5 Å². The Balaban J connectivity index is 1.68. The van der Waals surface area contributed by atoms with Crippen LogP contribution in [0, 0.1) is 5.92 Å². The molecule has 2 heterocycles. The van der Waals surface area contributed by atoms with Crippen LogP contribution in [-0.2, 0) is 7.05 Å². The number of hydrogen-bond acceptors (Lipinski definition) is 4. The maximum Gasteiger partial charge on any atom is 0.163 e. The molecule has 1 fully saturated rings. The molecular weight excluding hydrogens is 250 g/mol. The van der Waals surface area contributed by atoms with Crippen LogP contribution < -0.4 is 5.32 Å². The molecule has 0 atom stereocenters. The quantitative estimate of drug-likeness (QED) is 0.929. The fourth-order valence-corrected chi connectivity index (χ4v) is 3.27. The van der Waals surface area contributed by atoms with E-state index in [2.05, 4.69) is 27.3 Å². The molecule has 0 saturated heterocycles. The molecule has 0 aromatic carbocycles. The second kappa shape index (κ2) is 5.77. The lowest BCUT2D eigenvalue weighted by Crippen LogP contribution is -2.26. The smallest absolute Gasteiger partial charge is 0.163 e. The Bertz CT molecular complexity index is 569. The zero-order valence-electron chi connectivity index (χ0n) is 12.3. The fourth-order valence-electron chi connectivity index (χ4n) is 3.27. The lowest BCUT2D eigenvalue weighted by atomic mass is 9.83. The van der Waals surface area contributed by atoms with Crippen molar-refractivity contribution in [3.05, 3.63) is 12.5 Å². The van der Waals surface area contributed by atoms with Crippen molar-refractivity contribution in [3.63, 3.8) is 0 Å². The number of fused-ring (bicyclic) bond motifs is 1. The first-order valence-corrected chi connectivity index (χ1v) is 7.67. The van der Waals surface area contributed by atoms with Gasteiger partial charge in [-0.2, -0.15) is 5.10 Å². The zero-order chi connectivity index (χ0) is 13.9. The number of anilines is 1. The van der Waals surface area contributed by atoms with Gasteiger partial charge in [-0.05, 0) is 31.6 Å². The van der Waals surface area contributed by atoms with Crippen LogP contribution in [0.3, 0.4) is 0 Å². The highest BCUT2D eigenvalue weighted by Gasteiger charge is 2.21. The van der Waals surface area contributed by atoms with Gasteiger partial charge >= 0.3 is 0 Å². The van der Waals surface area contributed by atoms with Crippen LogP contribution in [0.15, 0.2) is 12.5 Å². The second-order valence-corrected chi connectivity index (χ2v) is 5.88. The van der Waals surface area contributed by atoms with Gasteiger partial charge in [0, 0.05) is 13.1 Å². The SMILES string of the molecule is CCCC1CCC(Nc2ncnc3c2cnn3C)CC1. The highest BCUT2D eigenvalue weighted by molar-refractivity contribution is 5.86. The van der Waals surface area contributed by atoms with Crippen LogP contribution in [0.2, 0.25) is 0 Å². The molecule has 2 aromatic rings. The highest BCUT2D eigenvalue weighted by atomic mass is 15.3. The summed E-state index contributed by atoms with van der Waals surface area (Å²) >= 11 is 0. The van der Waals surface area contributed by atoms with Crippen molar-refractivity contribution in [1.82, 2.24) is 19.7 Å². The molecule has 1 N–H and O–H groups in total. The monoisotopic (exact) mass is 273 g/mol. The number of aromatic nitrogens is 4.